The largest absolute Gasteiger partial charge is 0.382 e. The predicted octanol–water partition coefficient (Wildman–Crippen LogP) is 1.23. The summed E-state index contributed by atoms with van der Waals surface area (Å²) < 4.78 is 33.1. The number of alkyl halides is 2. The van der Waals surface area contributed by atoms with E-state index in [1.165, 1.54) is 0 Å². The summed E-state index contributed by atoms with van der Waals surface area (Å²) in [6, 6.07) is 0. The summed E-state index contributed by atoms with van der Waals surface area (Å²) in [4.78, 5) is 0. The van der Waals surface area contributed by atoms with Gasteiger partial charge in [-0.15, -0.1) is 0 Å². The molecular formula is C3H6F2OSi. The van der Waals surface area contributed by atoms with Gasteiger partial charge in [0.05, 0.1) is 0 Å². The molecule has 0 aromatic rings. The van der Waals surface area contributed by atoms with Crippen LogP contribution < -0.4 is 0 Å². The zero-order valence-electron chi connectivity index (χ0n) is 4.16. The van der Waals surface area contributed by atoms with Crippen molar-refractivity contribution in [2.45, 2.75) is 19.0 Å². The Bertz CT molecular complexity index is 85.4. The molecule has 0 saturated heterocycles. The predicted molar refractivity (Wildman–Crippen MR) is 22.9 cm³/mol. The molecule has 0 radical (unpaired) electrons. The Kier molecular flexibility index (Phi) is 1.74. The first kappa shape index (κ1) is 6.88. The molecule has 0 atom stereocenters. The monoisotopic (exact) mass is 124 g/mol. The fourth-order valence-electron chi connectivity index (χ4n) is 0. The van der Waals surface area contributed by atoms with Gasteiger partial charge in [0.2, 0.25) is 0 Å². The Balaban J connectivity index is 3.79. The third kappa shape index (κ3) is 2.56. The van der Waals surface area contributed by atoms with E-state index in [1.807, 2.05) is 0 Å². The van der Waals surface area contributed by atoms with Gasteiger partial charge in [0, 0.05) is 6.92 Å². The summed E-state index contributed by atoms with van der Waals surface area (Å²) in [5.74, 6) is 0. The van der Waals surface area contributed by atoms with Crippen LogP contribution in [0.1, 0.15) is 6.92 Å². The minimum atomic E-state index is -2.95. The van der Waals surface area contributed by atoms with Crippen molar-refractivity contribution in [1.82, 2.24) is 0 Å². The summed E-state index contributed by atoms with van der Waals surface area (Å²) in [6.07, 6.45) is 0. The van der Waals surface area contributed by atoms with Crippen molar-refractivity contribution in [3.63, 3.8) is 0 Å². The maximum Gasteiger partial charge on any atom is 0.350 e. The molecule has 0 amide bonds. The van der Waals surface area contributed by atoms with Gasteiger partial charge >= 0.3 is 8.68 Å². The highest BCUT2D eigenvalue weighted by Gasteiger charge is 2.29. The van der Waals surface area contributed by atoms with Gasteiger partial charge in [-0.1, -0.05) is 0 Å². The lowest BCUT2D eigenvalue weighted by Crippen LogP contribution is -2.22. The van der Waals surface area contributed by atoms with E-state index < -0.39 is 14.2 Å². The molecule has 0 bridgehead atoms. The van der Waals surface area contributed by atoms with Gasteiger partial charge in [0.1, 0.15) is 0 Å². The Morgan fingerprint density at radius 3 is 1.71 bits per heavy atom. The second-order valence-electron chi connectivity index (χ2n) is 1.44. The van der Waals surface area contributed by atoms with E-state index in [1.54, 1.807) is 0 Å². The van der Waals surface area contributed by atoms with Crippen molar-refractivity contribution in [3.05, 3.63) is 0 Å². The second-order valence-corrected chi connectivity index (χ2v) is 3.43. The lowest BCUT2D eigenvalue weighted by molar-refractivity contribution is 0.102. The summed E-state index contributed by atoms with van der Waals surface area (Å²) in [5.41, 5.74) is -2.95. The summed E-state index contributed by atoms with van der Waals surface area (Å²) in [5, 5.41) is 0. The van der Waals surface area contributed by atoms with Gasteiger partial charge in [-0.3, -0.25) is 0 Å². The average molecular weight is 124 g/mol. The van der Waals surface area contributed by atoms with Crippen molar-refractivity contribution in [3.8, 4) is 0 Å². The first-order valence-electron chi connectivity index (χ1n) is 1.83. The quantitative estimate of drug-likeness (QED) is 0.480. The van der Waals surface area contributed by atoms with Gasteiger partial charge in [-0.25, -0.2) is 8.78 Å². The molecule has 0 saturated carbocycles. The molecule has 4 heteroatoms. The minimum absolute atomic E-state index is 0.661. The highest BCUT2D eigenvalue weighted by molar-refractivity contribution is 6.43. The highest BCUT2D eigenvalue weighted by Crippen LogP contribution is 2.09. The lowest BCUT2D eigenvalue weighted by Gasteiger charge is -1.99. The van der Waals surface area contributed by atoms with Crippen molar-refractivity contribution in [2.75, 3.05) is 0 Å². The Hall–Kier alpha value is -0.123. The van der Waals surface area contributed by atoms with E-state index in [0.29, 0.717) is 6.92 Å². The SMILES string of the molecule is C[Si](=O)C(C)(F)F. The molecule has 0 aliphatic rings. The average Bonchev–Trinajstić information content (AvgIpc) is 1.31. The van der Waals surface area contributed by atoms with Crippen molar-refractivity contribution in [1.29, 1.82) is 0 Å². The maximum absolute atomic E-state index is 11.6. The van der Waals surface area contributed by atoms with E-state index in [4.69, 9.17) is 0 Å². The van der Waals surface area contributed by atoms with Crippen LogP contribution in [0.25, 0.3) is 0 Å². The highest BCUT2D eigenvalue weighted by atomic mass is 28.3. The Labute approximate surface area is 42.0 Å². The standard InChI is InChI=1S/C3H6F2OSi/c1-3(4,5)7(2)6/h1-2H3. The summed E-state index contributed by atoms with van der Waals surface area (Å²) in [6.45, 7) is 1.71. The van der Waals surface area contributed by atoms with E-state index in [2.05, 4.69) is 0 Å². The van der Waals surface area contributed by atoms with Crippen LogP contribution in [0.4, 0.5) is 8.78 Å². The first-order chi connectivity index (χ1) is 2.94. The second kappa shape index (κ2) is 1.77. The minimum Gasteiger partial charge on any atom is -0.382 e. The number of rotatable bonds is 1. The van der Waals surface area contributed by atoms with Crippen LogP contribution in [0.15, 0.2) is 0 Å². The Morgan fingerprint density at radius 2 is 1.71 bits per heavy atom. The topological polar surface area (TPSA) is 17.1 Å². The maximum atomic E-state index is 11.6. The normalized spacial score (nSPS) is 11.4. The van der Waals surface area contributed by atoms with E-state index >= 15 is 0 Å². The molecule has 0 aliphatic heterocycles. The molecule has 42 valence electrons. The molecule has 0 N–H and O–H groups in total. The summed E-state index contributed by atoms with van der Waals surface area (Å²) >= 11 is 0. The molecule has 0 heterocycles. The number of halogens is 2. The molecule has 0 aromatic heterocycles. The zero-order valence-corrected chi connectivity index (χ0v) is 5.16. The molecule has 7 heavy (non-hydrogen) atoms. The van der Waals surface area contributed by atoms with E-state index in [9.17, 15) is 13.2 Å². The van der Waals surface area contributed by atoms with Gasteiger partial charge in [-0.05, 0) is 6.55 Å². The molecule has 1 nitrogen and oxygen atoms in total. The van der Waals surface area contributed by atoms with Crippen molar-refractivity contribution >= 4 is 8.68 Å². The molecule has 0 aromatic carbocycles. The number of hydrogen-bond acceptors (Lipinski definition) is 1. The van der Waals surface area contributed by atoms with Crippen LogP contribution in [0.2, 0.25) is 6.55 Å². The van der Waals surface area contributed by atoms with Crippen LogP contribution in [0, 0.1) is 0 Å². The lowest BCUT2D eigenvalue weighted by atomic mass is 10.8. The van der Waals surface area contributed by atoms with Crippen molar-refractivity contribution < 1.29 is 13.2 Å². The fourth-order valence-corrected chi connectivity index (χ4v) is 0. The molecule has 0 aliphatic carbocycles. The summed E-state index contributed by atoms with van der Waals surface area (Å²) in [7, 11) is -2.63. The van der Waals surface area contributed by atoms with Crippen molar-refractivity contribution in [2.24, 2.45) is 0 Å². The Morgan fingerprint density at radius 1 is 1.57 bits per heavy atom. The van der Waals surface area contributed by atoms with Crippen LogP contribution in [-0.2, 0) is 4.46 Å². The molecule has 0 rings (SSSR count). The molecule has 0 fully saturated rings. The first-order valence-corrected chi connectivity index (χ1v) is 3.74. The van der Waals surface area contributed by atoms with Gasteiger partial charge in [0.25, 0.3) is 5.55 Å². The molecular weight excluding hydrogens is 118 g/mol. The third-order valence-electron chi connectivity index (χ3n) is 0.618. The number of hydrogen-bond donors (Lipinski definition) is 0. The van der Waals surface area contributed by atoms with E-state index in [0.717, 1.165) is 6.55 Å². The molecule has 0 spiro atoms. The van der Waals surface area contributed by atoms with Crippen LogP contribution in [0.3, 0.4) is 0 Å². The third-order valence-corrected chi connectivity index (χ3v) is 1.85. The molecule has 0 unspecified atom stereocenters. The van der Waals surface area contributed by atoms with E-state index in [-0.39, 0.29) is 0 Å². The van der Waals surface area contributed by atoms with Crippen LogP contribution in [-0.4, -0.2) is 14.2 Å². The van der Waals surface area contributed by atoms with Gasteiger partial charge in [-0.2, -0.15) is 0 Å². The smallest absolute Gasteiger partial charge is 0.350 e. The van der Waals surface area contributed by atoms with Gasteiger partial charge in [0.15, 0.2) is 0 Å². The van der Waals surface area contributed by atoms with Gasteiger partial charge < -0.3 is 4.46 Å². The van der Waals surface area contributed by atoms with Crippen LogP contribution in [0.5, 0.6) is 0 Å². The van der Waals surface area contributed by atoms with Crippen LogP contribution >= 0.6 is 0 Å². The zero-order chi connectivity index (χ0) is 6.08. The fraction of sp³-hybridized carbons (Fsp3) is 1.00.